The van der Waals surface area contributed by atoms with Crippen LogP contribution < -0.4 is 5.73 Å². The monoisotopic (exact) mass is 306 g/mol. The molecule has 4 nitrogen and oxygen atoms in total. The minimum absolute atomic E-state index is 0.723. The van der Waals surface area contributed by atoms with Crippen molar-refractivity contribution in [2.75, 3.05) is 12.3 Å². The minimum atomic E-state index is 0.723. The molecule has 0 atom stereocenters. The summed E-state index contributed by atoms with van der Waals surface area (Å²) in [6, 6.07) is 8.05. The van der Waals surface area contributed by atoms with Gasteiger partial charge in [-0.2, -0.15) is 5.10 Å². The number of rotatable bonds is 6. The van der Waals surface area contributed by atoms with Gasteiger partial charge in [-0.05, 0) is 37.6 Å². The standard InChI is InChI=1S/C16H23ClN4/c1-4-8-21(10-13-6-5-7-14(18)9-13)11-15-12(2)19-20(3)16(15)17/h5-7,9H,4,8,10-11,18H2,1-3H3. The number of aryl methyl sites for hydroxylation is 2. The van der Waals surface area contributed by atoms with Crippen LogP contribution in [0.3, 0.4) is 0 Å². The van der Waals surface area contributed by atoms with E-state index in [1.165, 1.54) is 5.56 Å². The quantitative estimate of drug-likeness (QED) is 0.832. The van der Waals surface area contributed by atoms with Crippen LogP contribution in [-0.4, -0.2) is 21.2 Å². The van der Waals surface area contributed by atoms with Crippen LogP contribution in [0.5, 0.6) is 0 Å². The molecule has 0 saturated heterocycles. The Kier molecular flexibility index (Phi) is 5.26. The summed E-state index contributed by atoms with van der Waals surface area (Å²) in [5.41, 5.74) is 9.99. The van der Waals surface area contributed by atoms with Gasteiger partial charge in [-0.15, -0.1) is 0 Å². The fraction of sp³-hybridized carbons (Fsp3) is 0.438. The molecule has 0 amide bonds. The van der Waals surface area contributed by atoms with E-state index < -0.39 is 0 Å². The first-order valence-corrected chi connectivity index (χ1v) is 7.63. The van der Waals surface area contributed by atoms with Crippen LogP contribution in [0.1, 0.15) is 30.2 Å². The fourth-order valence-corrected chi connectivity index (χ4v) is 2.79. The lowest BCUT2D eigenvalue weighted by Crippen LogP contribution is -2.24. The van der Waals surface area contributed by atoms with Gasteiger partial charge in [-0.25, -0.2) is 0 Å². The van der Waals surface area contributed by atoms with E-state index in [0.29, 0.717) is 0 Å². The van der Waals surface area contributed by atoms with Crippen molar-refractivity contribution in [1.82, 2.24) is 14.7 Å². The van der Waals surface area contributed by atoms with E-state index in [1.807, 2.05) is 32.2 Å². The molecular weight excluding hydrogens is 284 g/mol. The number of anilines is 1. The van der Waals surface area contributed by atoms with Crippen molar-refractivity contribution in [3.05, 3.63) is 46.2 Å². The molecule has 1 aromatic heterocycles. The predicted molar refractivity (Wildman–Crippen MR) is 88.2 cm³/mol. The van der Waals surface area contributed by atoms with E-state index in [-0.39, 0.29) is 0 Å². The highest BCUT2D eigenvalue weighted by Crippen LogP contribution is 2.22. The molecular formula is C16H23ClN4. The Balaban J connectivity index is 2.15. The van der Waals surface area contributed by atoms with Crippen LogP contribution in [0.15, 0.2) is 24.3 Å². The molecule has 0 fully saturated rings. The molecule has 0 aliphatic rings. The van der Waals surface area contributed by atoms with Gasteiger partial charge in [0, 0.05) is 31.4 Å². The van der Waals surface area contributed by atoms with Crippen LogP contribution in [0.25, 0.3) is 0 Å². The summed E-state index contributed by atoms with van der Waals surface area (Å²) in [5, 5.41) is 5.11. The van der Waals surface area contributed by atoms with Crippen molar-refractivity contribution in [3.8, 4) is 0 Å². The first kappa shape index (κ1) is 15.9. The zero-order valence-corrected chi connectivity index (χ0v) is 13.7. The molecule has 1 heterocycles. The van der Waals surface area contributed by atoms with Crippen LogP contribution in [0.4, 0.5) is 5.69 Å². The Morgan fingerprint density at radius 2 is 2.10 bits per heavy atom. The van der Waals surface area contributed by atoms with Gasteiger partial charge in [-0.3, -0.25) is 9.58 Å². The summed E-state index contributed by atoms with van der Waals surface area (Å²) in [6.07, 6.45) is 1.10. The van der Waals surface area contributed by atoms with Gasteiger partial charge in [0.2, 0.25) is 0 Å². The van der Waals surface area contributed by atoms with Gasteiger partial charge in [0.15, 0.2) is 0 Å². The van der Waals surface area contributed by atoms with Gasteiger partial charge >= 0.3 is 0 Å². The number of nitrogens with zero attached hydrogens (tertiary/aromatic N) is 3. The van der Waals surface area contributed by atoms with E-state index in [2.05, 4.69) is 23.0 Å². The summed E-state index contributed by atoms with van der Waals surface area (Å²) in [5.74, 6) is 0. The van der Waals surface area contributed by atoms with E-state index in [1.54, 1.807) is 4.68 Å². The molecule has 0 saturated carbocycles. The Hall–Kier alpha value is -1.52. The zero-order valence-electron chi connectivity index (χ0n) is 12.9. The highest BCUT2D eigenvalue weighted by Gasteiger charge is 2.15. The average Bonchev–Trinajstić information content (AvgIpc) is 2.66. The molecule has 0 radical (unpaired) electrons. The Morgan fingerprint density at radius 1 is 1.33 bits per heavy atom. The molecule has 1 aromatic carbocycles. The molecule has 0 spiro atoms. The SMILES string of the molecule is CCCN(Cc1cccc(N)c1)Cc1c(C)nn(C)c1Cl. The third kappa shape index (κ3) is 3.99. The maximum absolute atomic E-state index is 6.34. The third-order valence-corrected chi connectivity index (χ3v) is 4.02. The van der Waals surface area contributed by atoms with Crippen molar-refractivity contribution < 1.29 is 0 Å². The van der Waals surface area contributed by atoms with Crippen LogP contribution in [0.2, 0.25) is 5.15 Å². The lowest BCUT2D eigenvalue weighted by atomic mass is 10.1. The van der Waals surface area contributed by atoms with Crippen LogP contribution in [-0.2, 0) is 20.1 Å². The number of hydrogen-bond acceptors (Lipinski definition) is 3. The zero-order chi connectivity index (χ0) is 15.4. The maximum Gasteiger partial charge on any atom is 0.131 e. The first-order chi connectivity index (χ1) is 10.0. The number of nitrogens with two attached hydrogens (primary N) is 1. The summed E-state index contributed by atoms with van der Waals surface area (Å²) in [6.45, 7) is 6.88. The van der Waals surface area contributed by atoms with Gasteiger partial charge < -0.3 is 5.73 Å². The van der Waals surface area contributed by atoms with E-state index in [0.717, 1.165) is 48.2 Å². The second kappa shape index (κ2) is 6.96. The molecule has 0 aliphatic carbocycles. The van der Waals surface area contributed by atoms with Crippen molar-refractivity contribution >= 4 is 17.3 Å². The molecule has 114 valence electrons. The molecule has 5 heteroatoms. The molecule has 2 rings (SSSR count). The van der Waals surface area contributed by atoms with Crippen molar-refractivity contribution in [2.24, 2.45) is 7.05 Å². The molecule has 0 bridgehead atoms. The normalized spacial score (nSPS) is 11.3. The van der Waals surface area contributed by atoms with Gasteiger partial charge in [0.1, 0.15) is 5.15 Å². The summed E-state index contributed by atoms with van der Waals surface area (Å²) in [7, 11) is 1.88. The number of hydrogen-bond donors (Lipinski definition) is 1. The number of benzene rings is 1. The van der Waals surface area contributed by atoms with E-state index in [9.17, 15) is 0 Å². The van der Waals surface area contributed by atoms with Crippen LogP contribution >= 0.6 is 11.6 Å². The first-order valence-electron chi connectivity index (χ1n) is 7.26. The van der Waals surface area contributed by atoms with Gasteiger partial charge in [0.05, 0.1) is 5.69 Å². The Labute approximate surface area is 131 Å². The summed E-state index contributed by atoms with van der Waals surface area (Å²) in [4.78, 5) is 2.38. The van der Waals surface area contributed by atoms with Crippen molar-refractivity contribution in [1.29, 1.82) is 0 Å². The smallest absolute Gasteiger partial charge is 0.131 e. The van der Waals surface area contributed by atoms with Crippen molar-refractivity contribution in [3.63, 3.8) is 0 Å². The second-order valence-electron chi connectivity index (χ2n) is 5.43. The second-order valence-corrected chi connectivity index (χ2v) is 5.79. The number of aromatic nitrogens is 2. The predicted octanol–water partition coefficient (Wildman–Crippen LogP) is 3.38. The number of halogens is 1. The maximum atomic E-state index is 6.34. The Morgan fingerprint density at radius 3 is 2.67 bits per heavy atom. The van der Waals surface area contributed by atoms with E-state index in [4.69, 9.17) is 17.3 Å². The molecule has 0 aliphatic heterocycles. The molecule has 21 heavy (non-hydrogen) atoms. The van der Waals surface area contributed by atoms with E-state index >= 15 is 0 Å². The lowest BCUT2D eigenvalue weighted by Gasteiger charge is -2.22. The molecule has 0 unspecified atom stereocenters. The highest BCUT2D eigenvalue weighted by atomic mass is 35.5. The minimum Gasteiger partial charge on any atom is -0.399 e. The van der Waals surface area contributed by atoms with Crippen molar-refractivity contribution in [2.45, 2.75) is 33.4 Å². The molecule has 2 N–H and O–H groups in total. The third-order valence-electron chi connectivity index (χ3n) is 3.55. The summed E-state index contributed by atoms with van der Waals surface area (Å²) < 4.78 is 1.73. The van der Waals surface area contributed by atoms with Gasteiger partial charge in [-0.1, -0.05) is 30.7 Å². The fourth-order valence-electron chi connectivity index (χ4n) is 2.56. The van der Waals surface area contributed by atoms with Crippen LogP contribution in [0, 0.1) is 6.92 Å². The van der Waals surface area contributed by atoms with Gasteiger partial charge in [0.25, 0.3) is 0 Å². The Bertz CT molecular complexity index is 606. The highest BCUT2D eigenvalue weighted by molar-refractivity contribution is 6.30. The largest absolute Gasteiger partial charge is 0.399 e. The lowest BCUT2D eigenvalue weighted by molar-refractivity contribution is 0.257. The number of nitrogen functional groups attached to an aromatic ring is 1. The summed E-state index contributed by atoms with van der Waals surface area (Å²) >= 11 is 6.34. The topological polar surface area (TPSA) is 47.1 Å². The average molecular weight is 307 g/mol. The molecule has 2 aromatic rings.